The molecule has 0 aromatic heterocycles. The van der Waals surface area contributed by atoms with Crippen LogP contribution < -0.4 is 0 Å². The van der Waals surface area contributed by atoms with E-state index in [1.807, 2.05) is 0 Å². The third-order valence-electron chi connectivity index (χ3n) is 7.27. The van der Waals surface area contributed by atoms with Crippen molar-refractivity contribution in [1.82, 2.24) is 14.7 Å². The van der Waals surface area contributed by atoms with Gasteiger partial charge in [0.1, 0.15) is 12.7 Å². The van der Waals surface area contributed by atoms with E-state index in [1.165, 1.54) is 75.4 Å². The molecule has 0 aliphatic carbocycles. The molecule has 3 atom stereocenters. The van der Waals surface area contributed by atoms with Crippen molar-refractivity contribution in [1.29, 1.82) is 0 Å². The van der Waals surface area contributed by atoms with Gasteiger partial charge in [-0.15, -0.1) is 0 Å². The molecule has 0 bridgehead atoms. The summed E-state index contributed by atoms with van der Waals surface area (Å²) in [6, 6.07) is 11.2. The lowest BCUT2D eigenvalue weighted by Crippen LogP contribution is -2.83. The van der Waals surface area contributed by atoms with Crippen molar-refractivity contribution < 1.29 is 4.48 Å². The Kier molecular flexibility index (Phi) is 3.15. The predicted octanol–water partition coefficient (Wildman–Crippen LogP) is 1.40. The molecule has 1 aromatic carbocycles. The number of piperazine rings is 2. The number of benzene rings is 1. The summed E-state index contributed by atoms with van der Waals surface area (Å²) in [6.07, 6.45) is 1.98. The van der Waals surface area contributed by atoms with E-state index in [0.717, 1.165) is 0 Å². The standard InChI is InChI=1S/C19H29N4/c1-19-18-20-8-5-9-21(18)12-14-23(19,15-13-22(19)11-10-20)16-17-6-3-2-4-7-17/h2-4,6-7,18H,5,8-16H2,1H3/q+1/t18-,19+,23-/m0/s1. The molecule has 23 heavy (non-hydrogen) atoms. The first-order chi connectivity index (χ1) is 11.2. The fourth-order valence-electron chi connectivity index (χ4n) is 6.08. The van der Waals surface area contributed by atoms with Crippen LogP contribution in [0.4, 0.5) is 0 Å². The molecule has 0 spiro atoms. The highest BCUT2D eigenvalue weighted by atomic mass is 15.7. The Balaban J connectivity index is 1.56. The van der Waals surface area contributed by atoms with E-state index in [2.05, 4.69) is 52.0 Å². The van der Waals surface area contributed by atoms with Crippen molar-refractivity contribution in [2.24, 2.45) is 0 Å². The van der Waals surface area contributed by atoms with Gasteiger partial charge in [-0.05, 0) is 6.42 Å². The minimum absolute atomic E-state index is 0.271. The summed E-state index contributed by atoms with van der Waals surface area (Å²) in [5.74, 6) is 0. The maximum Gasteiger partial charge on any atom is 0.182 e. The molecule has 0 amide bonds. The number of quaternary nitrogens is 1. The van der Waals surface area contributed by atoms with Crippen LogP contribution in [-0.4, -0.2) is 83.4 Å². The molecule has 4 saturated heterocycles. The summed E-state index contributed by atoms with van der Waals surface area (Å²) < 4.78 is 1.27. The average molecular weight is 313 g/mol. The highest BCUT2D eigenvalue weighted by molar-refractivity contribution is 5.14. The fourth-order valence-corrected chi connectivity index (χ4v) is 6.08. The molecule has 0 radical (unpaired) electrons. The molecule has 5 rings (SSSR count). The van der Waals surface area contributed by atoms with E-state index >= 15 is 0 Å². The van der Waals surface area contributed by atoms with Gasteiger partial charge in [0.25, 0.3) is 0 Å². The average Bonchev–Trinajstić information content (AvgIpc) is 2.88. The van der Waals surface area contributed by atoms with E-state index in [9.17, 15) is 0 Å². The Bertz CT molecular complexity index is 584. The van der Waals surface area contributed by atoms with Gasteiger partial charge in [0.2, 0.25) is 0 Å². The Morgan fingerprint density at radius 3 is 2.52 bits per heavy atom. The van der Waals surface area contributed by atoms with Crippen molar-refractivity contribution in [3.63, 3.8) is 0 Å². The van der Waals surface area contributed by atoms with Gasteiger partial charge in [0.05, 0.1) is 19.6 Å². The van der Waals surface area contributed by atoms with Gasteiger partial charge in [-0.25, -0.2) is 4.90 Å². The van der Waals surface area contributed by atoms with Crippen molar-refractivity contribution in [3.8, 4) is 0 Å². The highest BCUT2D eigenvalue weighted by Gasteiger charge is 2.67. The lowest BCUT2D eigenvalue weighted by atomic mass is 9.91. The molecule has 124 valence electrons. The molecule has 4 nitrogen and oxygen atoms in total. The van der Waals surface area contributed by atoms with Crippen LogP contribution in [0.25, 0.3) is 0 Å². The van der Waals surface area contributed by atoms with Crippen LogP contribution in [0.2, 0.25) is 0 Å². The van der Waals surface area contributed by atoms with Crippen LogP contribution in [0.1, 0.15) is 18.9 Å². The summed E-state index contributed by atoms with van der Waals surface area (Å²) in [4.78, 5) is 8.42. The molecule has 4 aliphatic heterocycles. The Morgan fingerprint density at radius 2 is 1.70 bits per heavy atom. The highest BCUT2D eigenvalue weighted by Crippen LogP contribution is 2.47. The number of hydrogen-bond acceptors (Lipinski definition) is 3. The maximum absolute atomic E-state index is 2.83. The quantitative estimate of drug-likeness (QED) is 0.764. The molecule has 0 saturated carbocycles. The second-order valence-electron chi connectivity index (χ2n) is 8.12. The fraction of sp³-hybridized carbons (Fsp3) is 0.684. The molecule has 1 aromatic rings. The second-order valence-corrected chi connectivity index (χ2v) is 8.12. The monoisotopic (exact) mass is 313 g/mol. The summed E-state index contributed by atoms with van der Waals surface area (Å²) in [5.41, 5.74) is 1.78. The molecule has 0 N–H and O–H groups in total. The lowest BCUT2D eigenvalue weighted by molar-refractivity contribution is -0.991. The predicted molar refractivity (Wildman–Crippen MR) is 91.7 cm³/mol. The minimum Gasteiger partial charge on any atom is -0.298 e. The van der Waals surface area contributed by atoms with Crippen LogP contribution >= 0.6 is 0 Å². The molecule has 4 heteroatoms. The summed E-state index contributed by atoms with van der Waals surface area (Å²) in [7, 11) is 0. The van der Waals surface area contributed by atoms with E-state index in [1.54, 1.807) is 0 Å². The van der Waals surface area contributed by atoms with Gasteiger partial charge >= 0.3 is 0 Å². The van der Waals surface area contributed by atoms with Gasteiger partial charge in [0, 0.05) is 45.2 Å². The van der Waals surface area contributed by atoms with Crippen LogP contribution in [0.3, 0.4) is 0 Å². The number of hydrogen-bond donors (Lipinski definition) is 0. The topological polar surface area (TPSA) is 9.72 Å². The van der Waals surface area contributed by atoms with Crippen LogP contribution in [0.5, 0.6) is 0 Å². The van der Waals surface area contributed by atoms with Crippen molar-refractivity contribution in [2.75, 3.05) is 52.4 Å². The smallest absolute Gasteiger partial charge is 0.182 e. The maximum atomic E-state index is 2.83. The third-order valence-corrected chi connectivity index (χ3v) is 7.27. The first kappa shape index (κ1) is 14.4. The van der Waals surface area contributed by atoms with Gasteiger partial charge in [0.15, 0.2) is 5.66 Å². The zero-order valence-electron chi connectivity index (χ0n) is 14.3. The summed E-state index contributed by atoms with van der Waals surface area (Å²) >= 11 is 0. The first-order valence-corrected chi connectivity index (χ1v) is 9.36. The molecular formula is C19H29N4+. The summed E-state index contributed by atoms with van der Waals surface area (Å²) in [5, 5.41) is 0. The van der Waals surface area contributed by atoms with Crippen LogP contribution in [-0.2, 0) is 6.54 Å². The third kappa shape index (κ3) is 1.86. The largest absolute Gasteiger partial charge is 0.298 e. The molecule has 4 aliphatic rings. The van der Waals surface area contributed by atoms with Crippen molar-refractivity contribution in [3.05, 3.63) is 35.9 Å². The van der Waals surface area contributed by atoms with E-state index < -0.39 is 0 Å². The molecule has 4 heterocycles. The van der Waals surface area contributed by atoms with E-state index in [0.29, 0.717) is 6.17 Å². The number of rotatable bonds is 2. The zero-order chi connectivity index (χ0) is 15.5. The first-order valence-electron chi connectivity index (χ1n) is 9.36. The number of nitrogens with zero attached hydrogens (tertiary/aromatic N) is 4. The molecule has 0 unspecified atom stereocenters. The van der Waals surface area contributed by atoms with Gasteiger partial charge in [-0.3, -0.25) is 14.3 Å². The Hall–Kier alpha value is -0.940. The Labute approximate surface area is 139 Å². The molecular weight excluding hydrogens is 284 g/mol. The SMILES string of the molecule is C[C@]12[C@H]3N4CCCN3CC[N@@+]1(Cc1ccccc1)CCN2CC4. The summed E-state index contributed by atoms with van der Waals surface area (Å²) in [6.45, 7) is 14.1. The van der Waals surface area contributed by atoms with Crippen LogP contribution in [0, 0.1) is 0 Å². The Morgan fingerprint density at radius 1 is 0.957 bits per heavy atom. The lowest BCUT2D eigenvalue weighted by Gasteiger charge is -2.64. The van der Waals surface area contributed by atoms with Gasteiger partial charge in [-0.1, -0.05) is 30.3 Å². The van der Waals surface area contributed by atoms with Crippen LogP contribution in [0.15, 0.2) is 30.3 Å². The second kappa shape index (κ2) is 5.03. The minimum atomic E-state index is 0.271. The van der Waals surface area contributed by atoms with Gasteiger partial charge < -0.3 is 0 Å². The van der Waals surface area contributed by atoms with Gasteiger partial charge in [-0.2, -0.15) is 0 Å². The van der Waals surface area contributed by atoms with Crippen molar-refractivity contribution in [2.45, 2.75) is 31.7 Å². The zero-order valence-corrected chi connectivity index (χ0v) is 14.3. The van der Waals surface area contributed by atoms with Crippen molar-refractivity contribution >= 4 is 0 Å². The molecule has 4 fully saturated rings. The normalized spacial score (nSPS) is 41.0. The van der Waals surface area contributed by atoms with E-state index in [-0.39, 0.29) is 5.66 Å². The van der Waals surface area contributed by atoms with E-state index in [4.69, 9.17) is 0 Å².